The lowest BCUT2D eigenvalue weighted by Crippen LogP contribution is -2.15. The molecule has 5 heteroatoms. The Morgan fingerprint density at radius 2 is 2.11 bits per heavy atom. The van der Waals surface area contributed by atoms with Gasteiger partial charge >= 0.3 is 0 Å². The first-order valence-electron chi connectivity index (χ1n) is 5.48. The second-order valence-corrected chi connectivity index (χ2v) is 4.34. The number of nitrogens with zero attached hydrogens (tertiary/aromatic N) is 3. The van der Waals surface area contributed by atoms with E-state index < -0.39 is 0 Å². The minimum Gasteiger partial charge on any atom is -0.365 e. The first-order valence-corrected chi connectivity index (χ1v) is 5.86. The summed E-state index contributed by atoms with van der Waals surface area (Å²) in [7, 11) is 0. The minimum absolute atomic E-state index is 0.551. The van der Waals surface area contributed by atoms with Crippen LogP contribution in [0.4, 0.5) is 5.82 Å². The van der Waals surface area contributed by atoms with Gasteiger partial charge in [-0.1, -0.05) is 23.7 Å². The average molecular weight is 257 g/mol. The van der Waals surface area contributed by atoms with E-state index in [-0.39, 0.29) is 0 Å². The molecule has 0 unspecified atom stereocenters. The molecule has 1 aliphatic heterocycles. The maximum absolute atomic E-state index is 9.00. The Balaban J connectivity index is 2.10. The summed E-state index contributed by atoms with van der Waals surface area (Å²) >= 11 is 5.88. The van der Waals surface area contributed by atoms with Crippen LogP contribution in [0.15, 0.2) is 36.5 Å². The Kier molecular flexibility index (Phi) is 2.54. The van der Waals surface area contributed by atoms with Crippen LogP contribution in [-0.2, 0) is 0 Å². The molecule has 2 heterocycles. The van der Waals surface area contributed by atoms with Gasteiger partial charge in [0.1, 0.15) is 17.5 Å². The minimum atomic E-state index is 0.551. The van der Waals surface area contributed by atoms with E-state index in [1.54, 1.807) is 10.9 Å². The fourth-order valence-corrected chi connectivity index (χ4v) is 2.10. The summed E-state index contributed by atoms with van der Waals surface area (Å²) in [5, 5.41) is 17.1. The highest BCUT2D eigenvalue weighted by Crippen LogP contribution is 2.27. The van der Waals surface area contributed by atoms with Crippen LogP contribution in [0.1, 0.15) is 11.1 Å². The van der Waals surface area contributed by atoms with E-state index in [0.717, 1.165) is 17.1 Å². The summed E-state index contributed by atoms with van der Waals surface area (Å²) in [5.74, 6) is 0.741. The lowest BCUT2D eigenvalue weighted by Gasteiger charge is -2.18. The quantitative estimate of drug-likeness (QED) is 0.854. The maximum atomic E-state index is 9.00. The van der Waals surface area contributed by atoms with Crippen LogP contribution in [0.25, 0.3) is 5.70 Å². The lowest BCUT2D eigenvalue weighted by atomic mass is 10.1. The SMILES string of the molecule is N#Cc1cnn2c1NCC=C2c1ccc(Cl)cc1. The van der Waals surface area contributed by atoms with E-state index >= 15 is 0 Å². The number of benzene rings is 1. The van der Waals surface area contributed by atoms with Crippen molar-refractivity contribution in [2.24, 2.45) is 0 Å². The van der Waals surface area contributed by atoms with Crippen LogP contribution >= 0.6 is 11.6 Å². The fourth-order valence-electron chi connectivity index (χ4n) is 1.97. The first kappa shape index (κ1) is 10.9. The van der Waals surface area contributed by atoms with Gasteiger partial charge in [0.2, 0.25) is 0 Å². The van der Waals surface area contributed by atoms with Gasteiger partial charge in [-0.3, -0.25) is 0 Å². The molecule has 0 saturated heterocycles. The summed E-state index contributed by atoms with van der Waals surface area (Å²) in [5.41, 5.74) is 2.53. The second-order valence-electron chi connectivity index (χ2n) is 3.91. The number of rotatable bonds is 1. The van der Waals surface area contributed by atoms with E-state index in [4.69, 9.17) is 16.9 Å². The van der Waals surface area contributed by atoms with Crippen molar-refractivity contribution in [3.8, 4) is 6.07 Å². The second kappa shape index (κ2) is 4.21. The Morgan fingerprint density at radius 3 is 2.83 bits per heavy atom. The summed E-state index contributed by atoms with van der Waals surface area (Å²) < 4.78 is 1.74. The van der Waals surface area contributed by atoms with Gasteiger partial charge in [0.25, 0.3) is 0 Å². The maximum Gasteiger partial charge on any atom is 0.148 e. The normalized spacial score (nSPS) is 13.2. The lowest BCUT2D eigenvalue weighted by molar-refractivity contribution is 0.886. The van der Waals surface area contributed by atoms with Crippen LogP contribution in [-0.4, -0.2) is 16.3 Å². The van der Waals surface area contributed by atoms with Gasteiger partial charge in [-0.2, -0.15) is 10.4 Å². The largest absolute Gasteiger partial charge is 0.365 e. The fraction of sp³-hybridized carbons (Fsp3) is 0.0769. The molecular formula is C13H9ClN4. The smallest absolute Gasteiger partial charge is 0.148 e. The molecule has 0 atom stereocenters. The Labute approximate surface area is 109 Å². The number of nitrogens with one attached hydrogen (secondary N) is 1. The zero-order chi connectivity index (χ0) is 12.5. The summed E-state index contributed by atoms with van der Waals surface area (Å²) in [6, 6.07) is 9.69. The van der Waals surface area contributed by atoms with Gasteiger partial charge in [0, 0.05) is 17.1 Å². The number of fused-ring (bicyclic) bond motifs is 1. The van der Waals surface area contributed by atoms with Crippen molar-refractivity contribution in [2.45, 2.75) is 0 Å². The van der Waals surface area contributed by atoms with Gasteiger partial charge in [-0.05, 0) is 18.2 Å². The van der Waals surface area contributed by atoms with Crippen LogP contribution in [0, 0.1) is 11.3 Å². The summed E-state index contributed by atoms with van der Waals surface area (Å²) in [6.45, 7) is 0.679. The molecule has 0 bridgehead atoms. The molecule has 4 nitrogen and oxygen atoms in total. The van der Waals surface area contributed by atoms with Crippen molar-refractivity contribution in [3.63, 3.8) is 0 Å². The topological polar surface area (TPSA) is 53.6 Å². The Bertz CT molecular complexity index is 661. The first-order chi connectivity index (χ1) is 8.79. The highest BCUT2D eigenvalue weighted by molar-refractivity contribution is 6.30. The number of hydrogen-bond acceptors (Lipinski definition) is 3. The molecule has 0 spiro atoms. The number of anilines is 1. The van der Waals surface area contributed by atoms with Crippen molar-refractivity contribution in [1.29, 1.82) is 5.26 Å². The molecule has 1 aromatic heterocycles. The van der Waals surface area contributed by atoms with Gasteiger partial charge < -0.3 is 5.32 Å². The van der Waals surface area contributed by atoms with Gasteiger partial charge in [-0.15, -0.1) is 0 Å². The van der Waals surface area contributed by atoms with Gasteiger partial charge in [0.05, 0.1) is 11.9 Å². The van der Waals surface area contributed by atoms with E-state index in [9.17, 15) is 0 Å². The number of nitriles is 1. The zero-order valence-electron chi connectivity index (χ0n) is 9.39. The van der Waals surface area contributed by atoms with Crippen molar-refractivity contribution in [1.82, 2.24) is 9.78 Å². The number of hydrogen-bond donors (Lipinski definition) is 1. The van der Waals surface area contributed by atoms with E-state index in [1.165, 1.54) is 0 Å². The molecule has 3 rings (SSSR count). The highest BCUT2D eigenvalue weighted by Gasteiger charge is 2.17. The highest BCUT2D eigenvalue weighted by atomic mass is 35.5. The van der Waals surface area contributed by atoms with Crippen LogP contribution in [0.3, 0.4) is 0 Å². The zero-order valence-corrected chi connectivity index (χ0v) is 10.1. The molecule has 18 heavy (non-hydrogen) atoms. The number of aromatic nitrogens is 2. The van der Waals surface area contributed by atoms with Crippen molar-refractivity contribution in [2.75, 3.05) is 11.9 Å². The van der Waals surface area contributed by atoms with Crippen molar-refractivity contribution in [3.05, 3.63) is 52.7 Å². The third-order valence-corrected chi connectivity index (χ3v) is 3.07. The van der Waals surface area contributed by atoms with Crippen LogP contribution in [0.5, 0.6) is 0 Å². The molecule has 88 valence electrons. The Hall–Kier alpha value is -2.25. The Morgan fingerprint density at radius 1 is 1.33 bits per heavy atom. The standard InChI is InChI=1S/C13H9ClN4/c14-11-3-1-9(2-4-11)12-5-6-16-13-10(7-15)8-17-18(12)13/h1-5,8,16H,6H2. The van der Waals surface area contributed by atoms with Gasteiger partial charge in [0.15, 0.2) is 0 Å². The monoisotopic (exact) mass is 256 g/mol. The third-order valence-electron chi connectivity index (χ3n) is 2.82. The van der Waals surface area contributed by atoms with Crippen molar-refractivity contribution < 1.29 is 0 Å². The molecular weight excluding hydrogens is 248 g/mol. The predicted octanol–water partition coefficient (Wildman–Crippen LogP) is 2.72. The van der Waals surface area contributed by atoms with Crippen LogP contribution in [0.2, 0.25) is 5.02 Å². The molecule has 0 radical (unpaired) electrons. The average Bonchev–Trinajstić information content (AvgIpc) is 2.82. The molecule has 0 amide bonds. The molecule has 1 N–H and O–H groups in total. The van der Waals surface area contributed by atoms with E-state index in [0.29, 0.717) is 17.1 Å². The van der Waals surface area contributed by atoms with Gasteiger partial charge in [-0.25, -0.2) is 4.68 Å². The molecule has 0 saturated carbocycles. The molecule has 0 fully saturated rings. The molecule has 1 aromatic carbocycles. The predicted molar refractivity (Wildman–Crippen MR) is 70.3 cm³/mol. The summed E-state index contributed by atoms with van der Waals surface area (Å²) in [4.78, 5) is 0. The molecule has 2 aromatic rings. The molecule has 1 aliphatic rings. The van der Waals surface area contributed by atoms with Crippen molar-refractivity contribution >= 4 is 23.1 Å². The van der Waals surface area contributed by atoms with Crippen LogP contribution < -0.4 is 5.32 Å². The van der Waals surface area contributed by atoms with E-state index in [1.807, 2.05) is 30.3 Å². The summed E-state index contributed by atoms with van der Waals surface area (Å²) in [6.07, 6.45) is 3.60. The third kappa shape index (κ3) is 1.66. The number of halogens is 1. The van der Waals surface area contributed by atoms with E-state index in [2.05, 4.69) is 16.5 Å². The molecule has 0 aliphatic carbocycles.